The van der Waals surface area contributed by atoms with Crippen LogP contribution >= 0.6 is 15.9 Å². The second-order valence-corrected chi connectivity index (χ2v) is 7.25. The summed E-state index contributed by atoms with van der Waals surface area (Å²) in [5.74, 6) is 0.205. The summed E-state index contributed by atoms with van der Waals surface area (Å²) in [6, 6.07) is 1.14. The van der Waals surface area contributed by atoms with Crippen LogP contribution in [0.4, 0.5) is 0 Å². The summed E-state index contributed by atoms with van der Waals surface area (Å²) in [6.45, 7) is -0.342. The topological polar surface area (TPSA) is 88.8 Å². The number of nitrogens with one attached hydrogen (secondary N) is 1. The van der Waals surface area contributed by atoms with Gasteiger partial charge in [-0.3, -0.25) is 0 Å². The molecule has 0 aromatic carbocycles. The van der Waals surface area contributed by atoms with Crippen molar-refractivity contribution in [2.45, 2.75) is 49.0 Å². The number of rotatable bonds is 4. The molecule has 0 spiro atoms. The zero-order valence-corrected chi connectivity index (χ0v) is 12.4. The van der Waals surface area contributed by atoms with Gasteiger partial charge in [0.05, 0.1) is 18.2 Å². The van der Waals surface area contributed by atoms with Crippen molar-refractivity contribution in [3.63, 3.8) is 0 Å². The molecule has 3 heterocycles. The summed E-state index contributed by atoms with van der Waals surface area (Å²) in [5, 5.41) is 8.96. The quantitative estimate of drug-likeness (QED) is 0.848. The van der Waals surface area contributed by atoms with Crippen molar-refractivity contribution < 1.29 is 22.7 Å². The van der Waals surface area contributed by atoms with E-state index in [1.165, 1.54) is 6.07 Å². The third-order valence-corrected chi connectivity index (χ3v) is 5.91. The van der Waals surface area contributed by atoms with Crippen LogP contribution in [0.3, 0.4) is 0 Å². The van der Waals surface area contributed by atoms with Gasteiger partial charge in [-0.2, -0.15) is 0 Å². The third kappa shape index (κ3) is 2.47. The first-order valence-electron chi connectivity index (χ1n) is 6.06. The van der Waals surface area contributed by atoms with Crippen LogP contribution in [0.25, 0.3) is 0 Å². The molecule has 106 valence electrons. The number of aliphatic hydroxyl groups is 1. The van der Waals surface area contributed by atoms with E-state index in [0.717, 1.165) is 12.8 Å². The molecule has 19 heavy (non-hydrogen) atoms. The Bertz CT molecular complexity index is 584. The Morgan fingerprint density at radius 3 is 2.79 bits per heavy atom. The summed E-state index contributed by atoms with van der Waals surface area (Å²) in [5.41, 5.74) is 0. The zero-order chi connectivity index (χ0) is 13.6. The maximum Gasteiger partial charge on any atom is 0.245 e. The first-order valence-corrected chi connectivity index (χ1v) is 8.34. The van der Waals surface area contributed by atoms with E-state index in [9.17, 15) is 8.42 Å². The van der Waals surface area contributed by atoms with E-state index in [4.69, 9.17) is 14.3 Å². The molecule has 2 bridgehead atoms. The van der Waals surface area contributed by atoms with Crippen molar-refractivity contribution in [2.75, 3.05) is 0 Å². The number of fused-ring (bicyclic) bond motifs is 2. The predicted molar refractivity (Wildman–Crippen MR) is 69.0 cm³/mol. The van der Waals surface area contributed by atoms with E-state index >= 15 is 0 Å². The molecular formula is C11H14BrNO5S. The molecule has 2 N–H and O–H groups in total. The molecule has 2 aliphatic rings. The lowest BCUT2D eigenvalue weighted by molar-refractivity contribution is 0.0996. The largest absolute Gasteiger partial charge is 0.450 e. The average Bonchev–Trinajstić information content (AvgIpc) is 3.02. The fraction of sp³-hybridized carbons (Fsp3) is 0.636. The van der Waals surface area contributed by atoms with Crippen LogP contribution in [-0.2, 0) is 21.4 Å². The van der Waals surface area contributed by atoms with Gasteiger partial charge in [0.25, 0.3) is 0 Å². The van der Waals surface area contributed by atoms with E-state index in [1.807, 2.05) is 0 Å². The first-order chi connectivity index (χ1) is 8.99. The van der Waals surface area contributed by atoms with Gasteiger partial charge in [-0.05, 0) is 35.2 Å². The smallest absolute Gasteiger partial charge is 0.245 e. The lowest BCUT2D eigenvalue weighted by Crippen LogP contribution is -2.41. The Labute approximate surface area is 119 Å². The molecule has 1 aromatic heterocycles. The Kier molecular flexibility index (Phi) is 3.46. The van der Waals surface area contributed by atoms with Crippen LogP contribution in [-0.4, -0.2) is 31.8 Å². The fourth-order valence-electron chi connectivity index (χ4n) is 2.68. The first kappa shape index (κ1) is 13.6. The third-order valence-electron chi connectivity index (χ3n) is 3.56. The Balaban J connectivity index is 1.80. The van der Waals surface area contributed by atoms with Crippen molar-refractivity contribution in [2.24, 2.45) is 0 Å². The number of hydrogen-bond donors (Lipinski definition) is 2. The molecule has 2 fully saturated rings. The van der Waals surface area contributed by atoms with Gasteiger partial charge in [0.2, 0.25) is 10.0 Å². The number of furan rings is 1. The number of halogens is 1. The minimum absolute atomic E-state index is 0.0133. The van der Waals surface area contributed by atoms with Gasteiger partial charge < -0.3 is 14.3 Å². The molecule has 3 atom stereocenters. The molecule has 3 unspecified atom stereocenters. The van der Waals surface area contributed by atoms with E-state index in [2.05, 4.69) is 20.7 Å². The standard InChI is InChI=1S/C11H14BrNO5S/c12-11-10(4-7(5-14)18-11)19(15,16)13-8-3-6-1-2-9(8)17-6/h4,6,8-9,13-14H,1-3,5H2. The van der Waals surface area contributed by atoms with E-state index in [1.54, 1.807) is 0 Å². The molecule has 3 rings (SSSR count). The number of aliphatic hydroxyl groups excluding tert-OH is 1. The zero-order valence-electron chi connectivity index (χ0n) is 10.0. The van der Waals surface area contributed by atoms with Gasteiger partial charge in [-0.1, -0.05) is 0 Å². The summed E-state index contributed by atoms with van der Waals surface area (Å²) in [7, 11) is -3.67. The van der Waals surface area contributed by atoms with Gasteiger partial charge in [-0.25, -0.2) is 13.1 Å². The SMILES string of the molecule is O=S(=O)(NC1CC2CCC1O2)c1cc(CO)oc1Br. The van der Waals surface area contributed by atoms with Crippen LogP contribution in [0.15, 0.2) is 20.0 Å². The van der Waals surface area contributed by atoms with Crippen LogP contribution in [0, 0.1) is 0 Å². The molecule has 8 heteroatoms. The second-order valence-electron chi connectivity index (χ2n) is 4.85. The van der Waals surface area contributed by atoms with Gasteiger partial charge >= 0.3 is 0 Å². The highest BCUT2D eigenvalue weighted by Gasteiger charge is 2.43. The maximum atomic E-state index is 12.3. The average molecular weight is 352 g/mol. The van der Waals surface area contributed by atoms with Gasteiger partial charge in [-0.15, -0.1) is 0 Å². The van der Waals surface area contributed by atoms with Crippen molar-refractivity contribution >= 4 is 26.0 Å². The van der Waals surface area contributed by atoms with Crippen LogP contribution < -0.4 is 4.72 Å². The molecule has 1 aromatic rings. The number of ether oxygens (including phenoxy) is 1. The monoisotopic (exact) mass is 351 g/mol. The highest BCUT2D eigenvalue weighted by atomic mass is 79.9. The van der Waals surface area contributed by atoms with Crippen LogP contribution in [0.1, 0.15) is 25.0 Å². The van der Waals surface area contributed by atoms with Gasteiger partial charge in [0, 0.05) is 6.07 Å². The van der Waals surface area contributed by atoms with E-state index in [0.29, 0.717) is 6.42 Å². The molecule has 0 radical (unpaired) electrons. The highest BCUT2D eigenvalue weighted by Crippen LogP contribution is 2.35. The highest BCUT2D eigenvalue weighted by molar-refractivity contribution is 9.10. The van der Waals surface area contributed by atoms with Gasteiger partial charge in [0.15, 0.2) is 4.67 Å². The van der Waals surface area contributed by atoms with E-state index in [-0.39, 0.29) is 40.2 Å². The molecule has 0 amide bonds. The van der Waals surface area contributed by atoms with Crippen LogP contribution in [0.5, 0.6) is 0 Å². The molecule has 6 nitrogen and oxygen atoms in total. The molecule has 2 aliphatic heterocycles. The Morgan fingerprint density at radius 1 is 1.47 bits per heavy atom. The maximum absolute atomic E-state index is 12.3. The van der Waals surface area contributed by atoms with Gasteiger partial charge in [0.1, 0.15) is 17.3 Å². The second kappa shape index (κ2) is 4.85. The minimum Gasteiger partial charge on any atom is -0.450 e. The summed E-state index contributed by atoms with van der Waals surface area (Å²) >= 11 is 3.06. The Hall–Kier alpha value is -0.410. The predicted octanol–water partition coefficient (Wildman–Crippen LogP) is 1.13. The molecular weight excluding hydrogens is 338 g/mol. The summed E-state index contributed by atoms with van der Waals surface area (Å²) in [6.07, 6.45) is 2.77. The van der Waals surface area contributed by atoms with Crippen molar-refractivity contribution in [3.8, 4) is 0 Å². The summed E-state index contributed by atoms with van der Waals surface area (Å²) < 4.78 is 38.0. The molecule has 2 saturated heterocycles. The lowest BCUT2D eigenvalue weighted by Gasteiger charge is -2.19. The number of sulfonamides is 1. The van der Waals surface area contributed by atoms with Crippen LogP contribution in [0.2, 0.25) is 0 Å². The fourth-order valence-corrected chi connectivity index (χ4v) is 4.96. The molecule has 0 aliphatic carbocycles. The lowest BCUT2D eigenvalue weighted by atomic mass is 9.96. The minimum atomic E-state index is -3.67. The van der Waals surface area contributed by atoms with Crippen molar-refractivity contribution in [1.29, 1.82) is 0 Å². The molecule has 0 saturated carbocycles. The van der Waals surface area contributed by atoms with Crippen molar-refractivity contribution in [3.05, 3.63) is 16.5 Å². The number of hydrogen-bond acceptors (Lipinski definition) is 5. The normalized spacial score (nSPS) is 30.1. The van der Waals surface area contributed by atoms with E-state index < -0.39 is 10.0 Å². The summed E-state index contributed by atoms with van der Waals surface area (Å²) in [4.78, 5) is 0.0133. The Morgan fingerprint density at radius 2 is 2.26 bits per heavy atom. The van der Waals surface area contributed by atoms with Crippen molar-refractivity contribution in [1.82, 2.24) is 4.72 Å².